The van der Waals surface area contributed by atoms with Crippen molar-refractivity contribution < 1.29 is 62.6 Å². The normalized spacial score (nSPS) is 16.1. The monoisotopic (exact) mass is 1520 g/mol. The summed E-state index contributed by atoms with van der Waals surface area (Å²) in [4.78, 5) is 160. The Hall–Kier alpha value is -10.8. The van der Waals surface area contributed by atoms with Crippen molar-refractivity contribution in [1.29, 1.82) is 5.41 Å². The van der Waals surface area contributed by atoms with E-state index in [1.165, 1.54) is 18.7 Å². The number of likely N-dealkylation sites (tertiary alicyclic amines) is 1. The van der Waals surface area contributed by atoms with Gasteiger partial charge < -0.3 is 85.1 Å². The molecule has 0 radical (unpaired) electrons. The van der Waals surface area contributed by atoms with Crippen molar-refractivity contribution >= 4 is 99.0 Å². The maximum absolute atomic E-state index is 15.4. The molecule has 109 heavy (non-hydrogen) atoms. The minimum atomic E-state index is -1.80. The van der Waals surface area contributed by atoms with E-state index in [4.69, 9.17) is 38.9 Å². The van der Waals surface area contributed by atoms with Crippen molar-refractivity contribution in [3.63, 3.8) is 0 Å². The second-order valence-corrected chi connectivity index (χ2v) is 28.4. The van der Waals surface area contributed by atoms with E-state index >= 15 is 9.59 Å². The fourth-order valence-corrected chi connectivity index (χ4v) is 13.1. The van der Waals surface area contributed by atoms with Gasteiger partial charge in [0, 0.05) is 76.0 Å². The van der Waals surface area contributed by atoms with Gasteiger partial charge in [-0.15, -0.1) is 0 Å². The molecule has 2 fully saturated rings. The molecule has 8 rings (SSSR count). The largest absolute Gasteiger partial charge is 0.394 e. The highest BCUT2D eigenvalue weighted by Gasteiger charge is 2.40. The van der Waals surface area contributed by atoms with Gasteiger partial charge in [-0.3, -0.25) is 63.0 Å². The number of hydrogen-bond donors (Lipinski definition) is 15. The summed E-state index contributed by atoms with van der Waals surface area (Å²) in [6, 6.07) is 28.8. The Labute approximate surface area is 638 Å². The molecule has 0 aliphatic carbocycles. The lowest BCUT2D eigenvalue weighted by Gasteiger charge is -2.31. The number of fused-ring (bicyclic) bond motifs is 1. The fraction of sp³-hybridized carbons (Fsp3) is 0.418. The number of morpholine rings is 1. The predicted molar refractivity (Wildman–Crippen MR) is 412 cm³/mol. The summed E-state index contributed by atoms with van der Waals surface area (Å²) in [5, 5.41) is 48.3. The van der Waals surface area contributed by atoms with Gasteiger partial charge in [-0.1, -0.05) is 147 Å². The van der Waals surface area contributed by atoms with Crippen molar-refractivity contribution in [2.45, 2.75) is 159 Å². The Morgan fingerprint density at radius 2 is 1.03 bits per heavy atom. The van der Waals surface area contributed by atoms with E-state index in [-0.39, 0.29) is 88.7 Å². The molecule has 2 aliphatic heterocycles. The molecule has 2 aliphatic rings. The quantitative estimate of drug-likeness (QED) is 0.0149. The average Bonchev–Trinajstić information content (AvgIpc) is 1.81. The van der Waals surface area contributed by atoms with E-state index in [1.807, 2.05) is 68.4 Å². The topological polar surface area (TPSA) is 446 Å². The Morgan fingerprint density at radius 1 is 0.550 bits per heavy atom. The first kappa shape index (κ1) is 83.8. The zero-order chi connectivity index (χ0) is 78.7. The molecule has 29 nitrogen and oxygen atoms in total. The Kier molecular flexibility index (Phi) is 31.9. The molecule has 2 saturated heterocycles. The molecule has 30 heteroatoms. The van der Waals surface area contributed by atoms with E-state index in [0.717, 1.165) is 35.0 Å². The number of nitrogens with one attached hydrogen (secondary N) is 11. The highest BCUT2D eigenvalue weighted by Crippen LogP contribution is 2.24. The average molecular weight is 1520 g/mol. The number of hydrogen-bond acceptors (Lipinski definition) is 16. The number of benzene rings is 6. The molecule has 2 heterocycles. The third-order valence-corrected chi connectivity index (χ3v) is 19.1. The van der Waals surface area contributed by atoms with Gasteiger partial charge >= 0.3 is 0 Å². The first-order valence-corrected chi connectivity index (χ1v) is 37.0. The SMILES string of the molecule is CC(=O)Nc1ccc(C[C@H](NC(=O)[C@H](CO)NC(=O)[C@@H](Cc2ccccc2)NC(=O)[C@@H](Cc2ccc(Cl)cc2)NC(=O)[C@H](N)Cc2cccc3ccccc23)C(=O)N[C@H](Cc2ccc(CN3CCOCC3)cc2)C(=O)N[C@@H](CC(C)C)C(=O)N[C@@H](CCCNC(=N)N)C(=O)N2CCC[C@H]2C(=O)N[C@H](C)C(N)=O)cc1. The van der Waals surface area contributed by atoms with Gasteiger partial charge in [-0.05, 0) is 120 Å². The molecular formula is C79H101ClN16O13. The molecule has 11 amide bonds. The molecule has 0 aromatic heterocycles. The number of aliphatic hydroxyl groups excluding tert-OH is 1. The molecule has 18 N–H and O–H groups in total. The number of aliphatic hydroxyl groups is 1. The van der Waals surface area contributed by atoms with Gasteiger partial charge in [0.25, 0.3) is 0 Å². The van der Waals surface area contributed by atoms with E-state index in [9.17, 15) is 48.3 Å². The standard InChI is InChI=1S/C79H101ClN16O13/c1-47(2)39-62(71(101)88-61(19-11-33-85-79(83)84)78(108)96-34-12-20-68(96)77(107)86-48(3)69(82)99)90-73(103)65(41-51-21-23-54(24-22-51)45-95-35-37-109-38-36-95)92-74(104)66(43-53-27-31-58(32-28-53)87-49(4)98)93-76(106)67(46-97)94-75(105)64(40-50-13-6-5-7-14-50)91-72(102)63(42-52-25-29-57(80)30-26-52)89-70(100)60(81)44-56-17-10-16-55-15-8-9-18-59(55)56/h5-10,13-18,21-32,47-48,60-68,97H,11-12,19-20,33-46,81H2,1-4H3,(H2,82,99)(H,86,107)(H,87,98)(H,88,101)(H,89,100)(H,90,103)(H,91,102)(H,92,104)(H,93,106)(H,94,105)(H4,83,84,85)/t48-,60-,61+,62+,63-,64-,65-,66+,67+,68+/m1/s1. The summed E-state index contributed by atoms with van der Waals surface area (Å²) >= 11 is 6.26. The van der Waals surface area contributed by atoms with E-state index < -0.39 is 126 Å². The molecule has 6 aromatic carbocycles. The van der Waals surface area contributed by atoms with Crippen LogP contribution < -0.4 is 70.4 Å². The first-order valence-electron chi connectivity index (χ1n) is 36.7. The number of ether oxygens (including phenoxy) is 1. The van der Waals surface area contributed by atoms with Crippen LogP contribution in [-0.2, 0) is 96.1 Å². The smallest absolute Gasteiger partial charge is 0.245 e. The van der Waals surface area contributed by atoms with Crippen molar-refractivity contribution in [3.05, 3.63) is 184 Å². The molecule has 10 atom stereocenters. The zero-order valence-corrected chi connectivity index (χ0v) is 62.5. The van der Waals surface area contributed by atoms with Crippen LogP contribution in [0, 0.1) is 11.3 Å². The Bertz CT molecular complexity index is 4130. The summed E-state index contributed by atoms with van der Waals surface area (Å²) in [5.74, 6) is -9.02. The van der Waals surface area contributed by atoms with Crippen LogP contribution in [0.25, 0.3) is 10.8 Å². The lowest BCUT2D eigenvalue weighted by atomic mass is 9.98. The van der Waals surface area contributed by atoms with Crippen LogP contribution >= 0.6 is 11.6 Å². The van der Waals surface area contributed by atoms with Gasteiger partial charge in [-0.25, -0.2) is 0 Å². The lowest BCUT2D eigenvalue weighted by molar-refractivity contribution is -0.142. The number of nitrogens with two attached hydrogens (primary N) is 3. The molecular weight excluding hydrogens is 1420 g/mol. The number of amides is 11. The summed E-state index contributed by atoms with van der Waals surface area (Å²) in [7, 11) is 0. The van der Waals surface area contributed by atoms with Crippen molar-refractivity contribution in [2.24, 2.45) is 23.1 Å². The molecule has 0 unspecified atom stereocenters. The van der Waals surface area contributed by atoms with Gasteiger partial charge in [0.15, 0.2) is 5.96 Å². The second-order valence-electron chi connectivity index (χ2n) is 28.0. The van der Waals surface area contributed by atoms with Gasteiger partial charge in [0.1, 0.15) is 54.4 Å². The third kappa shape index (κ3) is 26.2. The number of guanidine groups is 1. The lowest BCUT2D eigenvalue weighted by Crippen LogP contribution is -2.61. The van der Waals surface area contributed by atoms with Crippen LogP contribution in [0.3, 0.4) is 0 Å². The molecule has 6 aromatic rings. The van der Waals surface area contributed by atoms with Crippen molar-refractivity contribution in [3.8, 4) is 0 Å². The van der Waals surface area contributed by atoms with Crippen LogP contribution in [0.5, 0.6) is 0 Å². The van der Waals surface area contributed by atoms with Gasteiger partial charge in [-0.2, -0.15) is 0 Å². The highest BCUT2D eigenvalue weighted by molar-refractivity contribution is 6.30. The fourth-order valence-electron chi connectivity index (χ4n) is 13.0. The number of carbonyl (C=O) groups is 11. The Morgan fingerprint density at radius 3 is 1.58 bits per heavy atom. The summed E-state index contributed by atoms with van der Waals surface area (Å²) < 4.78 is 5.55. The number of nitrogens with zero attached hydrogens (tertiary/aromatic N) is 2. The summed E-state index contributed by atoms with van der Waals surface area (Å²) in [6.45, 7) is 8.79. The maximum atomic E-state index is 15.4. The number of rotatable bonds is 38. The molecule has 0 saturated carbocycles. The summed E-state index contributed by atoms with van der Waals surface area (Å²) in [6.07, 6.45) is 0.298. The van der Waals surface area contributed by atoms with E-state index in [2.05, 4.69) is 58.1 Å². The minimum absolute atomic E-state index is 0.0116. The number of primary amides is 1. The van der Waals surface area contributed by atoms with Crippen LogP contribution in [0.2, 0.25) is 5.02 Å². The summed E-state index contributed by atoms with van der Waals surface area (Å²) in [5.41, 5.74) is 22.0. The predicted octanol–water partition coefficient (Wildman–Crippen LogP) is 1.80. The molecule has 0 spiro atoms. The van der Waals surface area contributed by atoms with Crippen LogP contribution in [0.1, 0.15) is 93.2 Å². The minimum Gasteiger partial charge on any atom is -0.394 e. The van der Waals surface area contributed by atoms with Crippen molar-refractivity contribution in [1.82, 2.24) is 57.7 Å². The zero-order valence-electron chi connectivity index (χ0n) is 61.8. The van der Waals surface area contributed by atoms with Crippen LogP contribution in [0.15, 0.2) is 146 Å². The number of halogens is 1. The number of carbonyl (C=O) groups excluding carboxylic acids is 11. The third-order valence-electron chi connectivity index (χ3n) is 18.9. The molecule has 0 bridgehead atoms. The molecule has 582 valence electrons. The maximum Gasteiger partial charge on any atom is 0.245 e. The highest BCUT2D eigenvalue weighted by atomic mass is 35.5. The van der Waals surface area contributed by atoms with Gasteiger partial charge in [0.05, 0.1) is 25.9 Å². The second kappa shape index (κ2) is 41.5. The van der Waals surface area contributed by atoms with Crippen molar-refractivity contribution in [2.75, 3.05) is 51.3 Å². The van der Waals surface area contributed by atoms with Crippen LogP contribution in [0.4, 0.5) is 5.69 Å². The van der Waals surface area contributed by atoms with Crippen LogP contribution in [-0.4, -0.2) is 192 Å². The van der Waals surface area contributed by atoms with E-state index in [0.29, 0.717) is 59.1 Å². The van der Waals surface area contributed by atoms with E-state index in [1.54, 1.807) is 91.0 Å². The first-order chi connectivity index (χ1) is 52.2. The van der Waals surface area contributed by atoms with Gasteiger partial charge in [0.2, 0.25) is 65.0 Å². The Balaban J connectivity index is 1.07. The number of anilines is 1.